The first-order chi connectivity index (χ1) is 16.0. The van der Waals surface area contributed by atoms with Crippen LogP contribution in [0, 0.1) is 10.1 Å². The molecule has 0 saturated heterocycles. The second-order valence-corrected chi connectivity index (χ2v) is 8.63. The highest BCUT2D eigenvalue weighted by Gasteiger charge is 2.14. The van der Waals surface area contributed by atoms with Gasteiger partial charge in [-0.15, -0.1) is 5.10 Å². The Morgan fingerprint density at radius 2 is 1.85 bits per heavy atom. The van der Waals surface area contributed by atoms with E-state index in [2.05, 4.69) is 10.2 Å². The van der Waals surface area contributed by atoms with Crippen LogP contribution >= 0.6 is 23.5 Å². The fraction of sp³-hybridized carbons (Fsp3) is 0.130. The van der Waals surface area contributed by atoms with Crippen molar-refractivity contribution >= 4 is 40.6 Å². The van der Waals surface area contributed by atoms with Gasteiger partial charge >= 0.3 is 0 Å². The van der Waals surface area contributed by atoms with Crippen LogP contribution in [0.5, 0.6) is 11.5 Å². The molecule has 0 fully saturated rings. The summed E-state index contributed by atoms with van der Waals surface area (Å²) in [4.78, 5) is 12.4. The van der Waals surface area contributed by atoms with Crippen molar-refractivity contribution in [2.45, 2.75) is 15.5 Å². The average molecular weight is 483 g/mol. The summed E-state index contributed by atoms with van der Waals surface area (Å²) in [6, 6.07) is 19.9. The molecule has 0 aliphatic heterocycles. The quantitative estimate of drug-likeness (QED) is 0.189. The molecule has 0 unspecified atom stereocenters. The molecule has 0 radical (unpaired) electrons. The van der Waals surface area contributed by atoms with Crippen molar-refractivity contribution in [3.63, 3.8) is 0 Å². The number of nitro groups is 1. The second kappa shape index (κ2) is 11.9. The monoisotopic (exact) mass is 482 g/mol. The summed E-state index contributed by atoms with van der Waals surface area (Å²) < 4.78 is 10.7. The zero-order valence-electron chi connectivity index (χ0n) is 18.0. The van der Waals surface area contributed by atoms with Crippen LogP contribution in [0.2, 0.25) is 0 Å². The fourth-order valence-electron chi connectivity index (χ4n) is 2.73. The van der Waals surface area contributed by atoms with Gasteiger partial charge < -0.3 is 15.2 Å². The number of ether oxygens (including phenoxy) is 2. The summed E-state index contributed by atoms with van der Waals surface area (Å²) in [5.41, 5.74) is 7.55. The van der Waals surface area contributed by atoms with Crippen LogP contribution in [-0.2, 0) is 5.75 Å². The van der Waals surface area contributed by atoms with E-state index in [0.717, 1.165) is 15.4 Å². The molecule has 170 valence electrons. The number of nitrogens with zero attached hydrogens (tertiary/aromatic N) is 3. The lowest BCUT2D eigenvalue weighted by Gasteiger charge is -2.11. The van der Waals surface area contributed by atoms with Crippen LogP contribution in [0.1, 0.15) is 11.1 Å². The highest BCUT2D eigenvalue weighted by Crippen LogP contribution is 2.39. The van der Waals surface area contributed by atoms with Crippen LogP contribution in [0.3, 0.4) is 0 Å². The van der Waals surface area contributed by atoms with E-state index >= 15 is 0 Å². The van der Waals surface area contributed by atoms with Gasteiger partial charge in [-0.3, -0.25) is 10.1 Å². The maximum absolute atomic E-state index is 11.3. The van der Waals surface area contributed by atoms with Crippen LogP contribution < -0.4 is 15.2 Å². The number of nitro benzene ring substituents is 1. The first kappa shape index (κ1) is 24.1. The number of amidine groups is 1. The predicted molar refractivity (Wildman–Crippen MR) is 134 cm³/mol. The lowest BCUT2D eigenvalue weighted by molar-refractivity contribution is -0.384. The molecule has 0 bridgehead atoms. The molecule has 3 aromatic carbocycles. The Kier molecular flexibility index (Phi) is 8.73. The van der Waals surface area contributed by atoms with Gasteiger partial charge in [-0.05, 0) is 29.8 Å². The van der Waals surface area contributed by atoms with Crippen LogP contribution in [0.25, 0.3) is 0 Å². The van der Waals surface area contributed by atoms with Gasteiger partial charge in [0.1, 0.15) is 11.5 Å². The summed E-state index contributed by atoms with van der Waals surface area (Å²) in [5.74, 6) is 1.99. The van der Waals surface area contributed by atoms with Crippen molar-refractivity contribution in [3.05, 3.63) is 88.0 Å². The van der Waals surface area contributed by atoms with E-state index in [-0.39, 0.29) is 5.69 Å². The molecular formula is C23H22N4O4S2. The normalized spacial score (nSPS) is 11.5. The van der Waals surface area contributed by atoms with Gasteiger partial charge in [0.25, 0.3) is 5.69 Å². The molecule has 0 saturated carbocycles. The smallest absolute Gasteiger partial charge is 0.270 e. The number of benzene rings is 3. The minimum Gasteiger partial charge on any atom is -0.497 e. The molecule has 2 N–H and O–H groups in total. The third-order valence-corrected chi connectivity index (χ3v) is 6.36. The Labute approximate surface area is 200 Å². The van der Waals surface area contributed by atoms with Gasteiger partial charge in [0, 0.05) is 28.3 Å². The number of methoxy groups -OCH3 is 2. The van der Waals surface area contributed by atoms with E-state index in [0.29, 0.717) is 28.0 Å². The Balaban J connectivity index is 1.83. The van der Waals surface area contributed by atoms with Gasteiger partial charge in [-0.2, -0.15) is 5.10 Å². The number of rotatable bonds is 9. The number of hydrogen-bond acceptors (Lipinski definition) is 8. The Morgan fingerprint density at radius 1 is 1.06 bits per heavy atom. The Hall–Kier alpha value is -3.50. The van der Waals surface area contributed by atoms with Gasteiger partial charge in [0.15, 0.2) is 5.17 Å². The highest BCUT2D eigenvalue weighted by molar-refractivity contribution is 8.13. The predicted octanol–water partition coefficient (Wildman–Crippen LogP) is 5.35. The molecule has 0 heterocycles. The van der Waals surface area contributed by atoms with Crippen molar-refractivity contribution in [2.24, 2.45) is 15.9 Å². The summed E-state index contributed by atoms with van der Waals surface area (Å²) in [7, 11) is 3.16. The molecule has 3 rings (SSSR count). The van der Waals surface area contributed by atoms with Crippen molar-refractivity contribution in [2.75, 3.05) is 14.2 Å². The van der Waals surface area contributed by atoms with Gasteiger partial charge in [-0.25, -0.2) is 0 Å². The van der Waals surface area contributed by atoms with Crippen molar-refractivity contribution in [3.8, 4) is 11.5 Å². The molecule has 0 aliphatic rings. The van der Waals surface area contributed by atoms with E-state index in [4.69, 9.17) is 15.2 Å². The lowest BCUT2D eigenvalue weighted by atomic mass is 10.2. The van der Waals surface area contributed by atoms with E-state index in [9.17, 15) is 10.1 Å². The number of hydrogen-bond donors (Lipinski definition) is 1. The molecule has 8 nitrogen and oxygen atoms in total. The Morgan fingerprint density at radius 3 is 2.55 bits per heavy atom. The van der Waals surface area contributed by atoms with Crippen molar-refractivity contribution < 1.29 is 14.4 Å². The molecule has 33 heavy (non-hydrogen) atoms. The molecule has 0 atom stereocenters. The van der Waals surface area contributed by atoms with Crippen molar-refractivity contribution in [1.82, 2.24) is 0 Å². The van der Waals surface area contributed by atoms with E-state index < -0.39 is 4.92 Å². The topological polar surface area (TPSA) is 112 Å². The zero-order valence-corrected chi connectivity index (χ0v) is 19.6. The number of non-ortho nitro benzene ring substituents is 1. The van der Waals surface area contributed by atoms with Gasteiger partial charge in [0.2, 0.25) is 0 Å². The molecule has 0 spiro atoms. The summed E-state index contributed by atoms with van der Waals surface area (Å²) in [6.45, 7) is 0. The maximum atomic E-state index is 11.3. The standard InChI is InChI=1S/C23H22N4O4S2/c1-30-19-9-10-20(31-2)22(13-19)33-21-11-8-18(27(28)29)12-17(21)14-25-26-23(24)32-15-16-6-4-3-5-7-16/h3-14H,15H2,1-2H3,(H2,24,26). The summed E-state index contributed by atoms with van der Waals surface area (Å²) >= 11 is 2.74. The van der Waals surface area contributed by atoms with E-state index in [1.807, 2.05) is 36.4 Å². The van der Waals surface area contributed by atoms with Crippen LogP contribution in [0.15, 0.2) is 86.7 Å². The largest absolute Gasteiger partial charge is 0.497 e. The molecule has 10 heteroatoms. The minimum atomic E-state index is -0.453. The van der Waals surface area contributed by atoms with E-state index in [1.165, 1.54) is 41.9 Å². The SMILES string of the molecule is COc1ccc(OC)c(Sc2ccc([N+](=O)[O-])cc2C=NN=C(N)SCc2ccccc2)c1. The molecule has 3 aromatic rings. The lowest BCUT2D eigenvalue weighted by Crippen LogP contribution is -2.06. The first-order valence-corrected chi connectivity index (χ1v) is 11.5. The van der Waals surface area contributed by atoms with Crippen molar-refractivity contribution in [1.29, 1.82) is 0 Å². The fourth-order valence-corrected chi connectivity index (χ4v) is 4.38. The minimum absolute atomic E-state index is 0.0474. The Bertz CT molecular complexity index is 1170. The first-order valence-electron chi connectivity index (χ1n) is 9.71. The third-order valence-electron chi connectivity index (χ3n) is 4.38. The van der Waals surface area contributed by atoms with Crippen LogP contribution in [-0.4, -0.2) is 30.5 Å². The molecule has 0 aromatic heterocycles. The van der Waals surface area contributed by atoms with Crippen LogP contribution in [0.4, 0.5) is 5.69 Å². The molecular weight excluding hydrogens is 460 g/mol. The summed E-state index contributed by atoms with van der Waals surface area (Å²) in [6.07, 6.45) is 1.46. The second-order valence-electron chi connectivity index (χ2n) is 6.56. The summed E-state index contributed by atoms with van der Waals surface area (Å²) in [5, 5.41) is 19.7. The number of thioether (sulfide) groups is 1. The third kappa shape index (κ3) is 6.99. The van der Waals surface area contributed by atoms with E-state index in [1.54, 1.807) is 32.4 Å². The van der Waals surface area contributed by atoms with Gasteiger partial charge in [0.05, 0.1) is 30.3 Å². The molecule has 0 aliphatic carbocycles. The number of nitrogens with two attached hydrogens (primary N) is 1. The van der Waals surface area contributed by atoms with Gasteiger partial charge in [-0.1, -0.05) is 53.9 Å². The highest BCUT2D eigenvalue weighted by atomic mass is 32.2. The maximum Gasteiger partial charge on any atom is 0.270 e. The average Bonchev–Trinajstić information content (AvgIpc) is 2.84. The molecule has 0 amide bonds. The zero-order chi connectivity index (χ0) is 23.6.